The minimum atomic E-state index is -4.47. The summed E-state index contributed by atoms with van der Waals surface area (Å²) in [7, 11) is 1.66. The molecular formula is C25H31F3N6. The monoisotopic (exact) mass is 472 g/mol. The van der Waals surface area contributed by atoms with E-state index in [1.54, 1.807) is 11.9 Å². The van der Waals surface area contributed by atoms with Gasteiger partial charge < -0.3 is 21.3 Å². The molecule has 0 fully saturated rings. The second kappa shape index (κ2) is 8.61. The lowest BCUT2D eigenvalue weighted by Crippen LogP contribution is -2.61. The van der Waals surface area contributed by atoms with Crippen molar-refractivity contribution < 1.29 is 13.2 Å². The van der Waals surface area contributed by atoms with Gasteiger partial charge in [0.25, 0.3) is 0 Å². The number of aliphatic imine (C=N–C) groups is 1. The molecule has 2 aliphatic heterocycles. The Hall–Kier alpha value is -3.07. The Kier molecular flexibility index (Phi) is 6.10. The predicted molar refractivity (Wildman–Crippen MR) is 128 cm³/mol. The maximum atomic E-state index is 13.6. The molecule has 0 spiro atoms. The zero-order valence-corrected chi connectivity index (χ0v) is 19.9. The molecule has 0 saturated carbocycles. The van der Waals surface area contributed by atoms with Crippen molar-refractivity contribution in [3.05, 3.63) is 70.6 Å². The van der Waals surface area contributed by atoms with Gasteiger partial charge in [-0.15, -0.1) is 0 Å². The summed E-state index contributed by atoms with van der Waals surface area (Å²) < 4.78 is 40.9. The van der Waals surface area contributed by atoms with Crippen LogP contribution in [0.4, 0.5) is 19.0 Å². The molecule has 6 nitrogen and oxygen atoms in total. The summed E-state index contributed by atoms with van der Waals surface area (Å²) in [6.07, 6.45) is -2.12. The molecule has 1 unspecified atom stereocenters. The zero-order chi connectivity index (χ0) is 24.7. The first-order chi connectivity index (χ1) is 15.9. The summed E-state index contributed by atoms with van der Waals surface area (Å²) in [6, 6.07) is 10.6. The van der Waals surface area contributed by atoms with Crippen molar-refractivity contribution in [1.29, 1.82) is 0 Å². The van der Waals surface area contributed by atoms with Gasteiger partial charge in [0, 0.05) is 38.5 Å². The van der Waals surface area contributed by atoms with Gasteiger partial charge in [0.1, 0.15) is 11.5 Å². The van der Waals surface area contributed by atoms with E-state index in [1.165, 1.54) is 17.8 Å². The predicted octanol–water partition coefficient (Wildman–Crippen LogP) is 4.24. The first-order valence-corrected chi connectivity index (χ1v) is 11.3. The third-order valence-corrected chi connectivity index (χ3v) is 6.51. The summed E-state index contributed by atoms with van der Waals surface area (Å²) in [5.41, 5.74) is 9.11. The van der Waals surface area contributed by atoms with Crippen molar-refractivity contribution in [2.24, 2.45) is 10.7 Å². The van der Waals surface area contributed by atoms with Crippen LogP contribution < -0.4 is 21.3 Å². The molecule has 1 aromatic carbocycles. The van der Waals surface area contributed by atoms with Crippen LogP contribution >= 0.6 is 0 Å². The van der Waals surface area contributed by atoms with Gasteiger partial charge in [0.2, 0.25) is 0 Å². The molecule has 0 saturated heterocycles. The first-order valence-electron chi connectivity index (χ1n) is 11.3. The largest absolute Gasteiger partial charge is 0.419 e. The fourth-order valence-electron chi connectivity index (χ4n) is 4.59. The molecule has 0 amide bonds. The summed E-state index contributed by atoms with van der Waals surface area (Å²) in [5, 5.41) is 6.61. The van der Waals surface area contributed by atoms with Crippen molar-refractivity contribution in [2.75, 3.05) is 25.0 Å². The van der Waals surface area contributed by atoms with Crippen molar-refractivity contribution >= 4 is 11.8 Å². The number of hydrogen-bond acceptors (Lipinski definition) is 4. The minimum Gasteiger partial charge on any atom is -0.355 e. The minimum absolute atomic E-state index is 0.00397. The van der Waals surface area contributed by atoms with Gasteiger partial charge in [-0.2, -0.15) is 13.2 Å². The van der Waals surface area contributed by atoms with Crippen molar-refractivity contribution in [2.45, 2.75) is 50.9 Å². The molecule has 1 atom stereocenters. The highest BCUT2D eigenvalue weighted by Gasteiger charge is 2.41. The van der Waals surface area contributed by atoms with Crippen molar-refractivity contribution in [3.8, 4) is 0 Å². The third kappa shape index (κ3) is 4.49. The Labute approximate surface area is 198 Å². The van der Waals surface area contributed by atoms with Crippen LogP contribution in [0.25, 0.3) is 0 Å². The maximum Gasteiger partial charge on any atom is 0.419 e. The van der Waals surface area contributed by atoms with Crippen LogP contribution in [0, 0.1) is 0 Å². The number of guanidine groups is 1. The normalized spacial score (nSPS) is 22.7. The average Bonchev–Trinajstić information content (AvgIpc) is 3.01. The molecule has 3 heterocycles. The third-order valence-electron chi connectivity index (χ3n) is 6.51. The van der Waals surface area contributed by atoms with E-state index < -0.39 is 17.4 Å². The number of benzene rings is 1. The van der Waals surface area contributed by atoms with Crippen LogP contribution in [-0.2, 0) is 17.3 Å². The number of halogens is 3. The van der Waals surface area contributed by atoms with Crippen LogP contribution in [0.1, 0.15) is 50.3 Å². The standard InChI is InChI=1S/C25H31F3N6/c1-23(2,3)16-7-9-17(10-8-16)24(29)18-11-14-34(15-12-20(18)32-22(30-4)33-24)21-19(25(26,27)28)6-5-13-31-21/h5-10,13H,11-12,14-15,29H2,1-4H3,(H2,30,32,33). The molecule has 0 aliphatic carbocycles. The van der Waals surface area contributed by atoms with Gasteiger partial charge >= 0.3 is 6.18 Å². The van der Waals surface area contributed by atoms with Gasteiger partial charge in [-0.25, -0.2) is 4.98 Å². The fourth-order valence-corrected chi connectivity index (χ4v) is 4.59. The molecule has 182 valence electrons. The number of nitrogens with one attached hydrogen (secondary N) is 2. The first kappa shape index (κ1) is 24.1. The molecule has 0 bridgehead atoms. The fraction of sp³-hybridized carbons (Fsp3) is 0.440. The summed E-state index contributed by atoms with van der Waals surface area (Å²) in [4.78, 5) is 10.0. The number of hydrogen-bond donors (Lipinski definition) is 3. The molecule has 0 radical (unpaired) electrons. The molecule has 2 aliphatic rings. The van der Waals surface area contributed by atoms with Crippen LogP contribution in [0.15, 0.2) is 58.9 Å². The number of aromatic nitrogens is 1. The smallest absolute Gasteiger partial charge is 0.355 e. The lowest BCUT2D eigenvalue weighted by Gasteiger charge is -2.40. The van der Waals surface area contributed by atoms with Gasteiger partial charge in [-0.1, -0.05) is 45.0 Å². The lowest BCUT2D eigenvalue weighted by atomic mass is 9.82. The number of nitrogens with two attached hydrogens (primary N) is 1. The topological polar surface area (TPSA) is 78.6 Å². The van der Waals surface area contributed by atoms with Gasteiger partial charge in [-0.3, -0.25) is 4.99 Å². The Morgan fingerprint density at radius 1 is 1.06 bits per heavy atom. The van der Waals surface area contributed by atoms with Gasteiger partial charge in [0.15, 0.2) is 5.96 Å². The highest BCUT2D eigenvalue weighted by Crippen LogP contribution is 2.39. The highest BCUT2D eigenvalue weighted by atomic mass is 19.4. The van der Waals surface area contributed by atoms with E-state index in [0.29, 0.717) is 31.9 Å². The molecule has 9 heteroatoms. The number of nitrogens with zero attached hydrogens (tertiary/aromatic N) is 3. The SMILES string of the molecule is CN=C1NC2=C(CCN(c3ncccc3C(F)(F)F)CC2)C(N)(c2ccc(C(C)(C)C)cc2)N1. The van der Waals surface area contributed by atoms with E-state index in [9.17, 15) is 13.2 Å². The van der Waals surface area contributed by atoms with Gasteiger partial charge in [-0.05, 0) is 40.7 Å². The average molecular weight is 473 g/mol. The Morgan fingerprint density at radius 3 is 2.35 bits per heavy atom. The number of alkyl halides is 3. The van der Waals surface area contributed by atoms with Crippen LogP contribution in [0.2, 0.25) is 0 Å². The van der Waals surface area contributed by atoms with Crippen LogP contribution in [0.5, 0.6) is 0 Å². The Bertz CT molecular complexity index is 1110. The van der Waals surface area contributed by atoms with E-state index in [0.717, 1.165) is 22.9 Å². The number of anilines is 1. The molecular weight excluding hydrogens is 441 g/mol. The number of pyridine rings is 1. The second-order valence-electron chi connectivity index (χ2n) is 9.77. The van der Waals surface area contributed by atoms with Gasteiger partial charge in [0.05, 0.1) is 5.56 Å². The Morgan fingerprint density at radius 2 is 1.74 bits per heavy atom. The maximum absolute atomic E-state index is 13.6. The Balaban J connectivity index is 1.69. The van der Waals surface area contributed by atoms with Crippen molar-refractivity contribution in [3.63, 3.8) is 0 Å². The second-order valence-corrected chi connectivity index (χ2v) is 9.77. The van der Waals surface area contributed by atoms with E-state index in [2.05, 4.69) is 53.5 Å². The van der Waals surface area contributed by atoms with E-state index in [1.807, 2.05) is 12.1 Å². The van der Waals surface area contributed by atoms with Crippen molar-refractivity contribution in [1.82, 2.24) is 15.6 Å². The zero-order valence-electron chi connectivity index (χ0n) is 19.9. The summed E-state index contributed by atoms with van der Waals surface area (Å²) >= 11 is 0. The molecule has 1 aromatic heterocycles. The van der Waals surface area contributed by atoms with E-state index >= 15 is 0 Å². The highest BCUT2D eigenvalue weighted by molar-refractivity contribution is 5.85. The van der Waals surface area contributed by atoms with E-state index in [4.69, 9.17) is 5.73 Å². The molecule has 34 heavy (non-hydrogen) atoms. The van der Waals surface area contributed by atoms with Crippen LogP contribution in [0.3, 0.4) is 0 Å². The van der Waals surface area contributed by atoms with E-state index in [-0.39, 0.29) is 11.2 Å². The van der Waals surface area contributed by atoms with Crippen LogP contribution in [-0.4, -0.2) is 31.1 Å². The summed E-state index contributed by atoms with van der Waals surface area (Å²) in [6.45, 7) is 7.19. The lowest BCUT2D eigenvalue weighted by molar-refractivity contribution is -0.137. The molecule has 2 aromatic rings. The summed E-state index contributed by atoms with van der Waals surface area (Å²) in [5.74, 6) is 0.479. The quantitative estimate of drug-likeness (QED) is 0.609. The number of rotatable bonds is 2. The molecule has 4 rings (SSSR count). The molecule has 4 N–H and O–H groups in total.